The van der Waals surface area contributed by atoms with Crippen LogP contribution < -0.4 is 0 Å². The van der Waals surface area contributed by atoms with E-state index in [1.54, 1.807) is 22.7 Å². The Hall–Kier alpha value is -1.54. The number of nitrogens with zero attached hydrogens (tertiary/aromatic N) is 2. The third-order valence-electron chi connectivity index (χ3n) is 7.68. The summed E-state index contributed by atoms with van der Waals surface area (Å²) < 4.78 is -1.21. The predicted molar refractivity (Wildman–Crippen MR) is 125 cm³/mol. The van der Waals surface area contributed by atoms with Crippen molar-refractivity contribution in [3.05, 3.63) is 12.7 Å². The number of unbranched alkanes of at least 4 members (excludes halogenated alkanes) is 2. The molecule has 3 unspecified atom stereocenters. The Balaban J connectivity index is 2.00. The summed E-state index contributed by atoms with van der Waals surface area (Å²) in [6, 6.07) is -0.633. The number of rotatable bonds is 12. The summed E-state index contributed by atoms with van der Waals surface area (Å²) in [5.41, 5.74) is 0. The fraction of sp³-hybridized carbons (Fsp3) is 0.792. The largest absolute Gasteiger partial charge is 0.481 e. The Morgan fingerprint density at radius 2 is 2.06 bits per heavy atom. The first-order chi connectivity index (χ1) is 15.2. The van der Waals surface area contributed by atoms with E-state index in [0.717, 1.165) is 19.3 Å². The Labute approximate surface area is 195 Å². The molecule has 3 aliphatic heterocycles. The smallest absolute Gasteiger partial charge is 0.308 e. The molecule has 32 heavy (non-hydrogen) atoms. The quantitative estimate of drug-likeness (QED) is 0.339. The van der Waals surface area contributed by atoms with Crippen molar-refractivity contribution in [3.63, 3.8) is 0 Å². The molecule has 0 aromatic heterocycles. The number of fused-ring (bicyclic) bond motifs is 1. The van der Waals surface area contributed by atoms with Crippen LogP contribution in [0.25, 0.3) is 0 Å². The average Bonchev–Trinajstić information content (AvgIpc) is 3.30. The van der Waals surface area contributed by atoms with E-state index in [9.17, 15) is 19.5 Å². The first-order valence-corrected chi connectivity index (χ1v) is 12.8. The van der Waals surface area contributed by atoms with Crippen LogP contribution in [0.4, 0.5) is 0 Å². The lowest BCUT2D eigenvalue weighted by atomic mass is 9.66. The van der Waals surface area contributed by atoms with Crippen molar-refractivity contribution in [2.24, 2.45) is 11.8 Å². The highest BCUT2D eigenvalue weighted by molar-refractivity contribution is 8.02. The lowest BCUT2D eigenvalue weighted by Crippen LogP contribution is -2.56. The Morgan fingerprint density at radius 3 is 2.66 bits per heavy atom. The molecule has 3 fully saturated rings. The van der Waals surface area contributed by atoms with Crippen LogP contribution in [0.2, 0.25) is 0 Å². The number of hydrogen-bond acceptors (Lipinski definition) is 5. The standard InChI is InChI=1S/C24H38N2O5S/c1-5-10-16(3)25(13-6-2)21(29)19-24-12-11-23(4,32-24)18(22(30)31)17(24)20(28)26(19)14-8-7-9-15-27/h6,16-19,27H,2,5,7-15H2,1,3-4H3,(H,30,31)/t16?,17-,18-,19?,23+,24?/m0/s1. The fourth-order valence-corrected chi connectivity index (χ4v) is 8.59. The highest BCUT2D eigenvalue weighted by Gasteiger charge is 2.77. The predicted octanol–water partition coefficient (Wildman–Crippen LogP) is 2.92. The molecule has 7 nitrogen and oxygen atoms in total. The molecule has 180 valence electrons. The molecule has 6 atom stereocenters. The minimum atomic E-state index is -0.935. The lowest BCUT2D eigenvalue weighted by Gasteiger charge is -2.39. The lowest BCUT2D eigenvalue weighted by molar-refractivity contribution is -0.150. The molecule has 2 N–H and O–H groups in total. The van der Waals surface area contributed by atoms with Gasteiger partial charge >= 0.3 is 5.97 Å². The molecule has 1 spiro atoms. The zero-order chi connectivity index (χ0) is 23.7. The molecule has 8 heteroatoms. The Kier molecular flexibility index (Phi) is 7.65. The van der Waals surface area contributed by atoms with Gasteiger partial charge in [0.2, 0.25) is 11.8 Å². The average molecular weight is 467 g/mol. The van der Waals surface area contributed by atoms with Gasteiger partial charge in [-0.3, -0.25) is 14.4 Å². The molecular weight excluding hydrogens is 428 g/mol. The summed E-state index contributed by atoms with van der Waals surface area (Å²) in [5, 5.41) is 19.2. The molecule has 0 radical (unpaired) electrons. The highest BCUT2D eigenvalue weighted by Crippen LogP contribution is 2.71. The van der Waals surface area contributed by atoms with E-state index >= 15 is 0 Å². The van der Waals surface area contributed by atoms with Gasteiger partial charge in [0.25, 0.3) is 0 Å². The van der Waals surface area contributed by atoms with Crippen molar-refractivity contribution in [3.8, 4) is 0 Å². The van der Waals surface area contributed by atoms with Gasteiger partial charge in [-0.25, -0.2) is 0 Å². The number of carboxylic acid groups (broad SMARTS) is 1. The molecule has 3 rings (SSSR count). The van der Waals surface area contributed by atoms with E-state index in [-0.39, 0.29) is 24.5 Å². The summed E-state index contributed by atoms with van der Waals surface area (Å²) in [4.78, 5) is 43.6. The topological polar surface area (TPSA) is 98.2 Å². The van der Waals surface area contributed by atoms with Gasteiger partial charge in [-0.2, -0.15) is 0 Å². The Morgan fingerprint density at radius 1 is 1.34 bits per heavy atom. The zero-order valence-corrected chi connectivity index (χ0v) is 20.4. The van der Waals surface area contributed by atoms with Crippen molar-refractivity contribution in [1.82, 2.24) is 9.80 Å². The fourth-order valence-electron chi connectivity index (χ4n) is 6.25. The van der Waals surface area contributed by atoms with Crippen LogP contribution in [0.1, 0.15) is 65.7 Å². The number of aliphatic hydroxyl groups excluding tert-OH is 1. The first kappa shape index (κ1) is 25.1. The first-order valence-electron chi connectivity index (χ1n) is 11.9. The van der Waals surface area contributed by atoms with Crippen molar-refractivity contribution in [1.29, 1.82) is 0 Å². The summed E-state index contributed by atoms with van der Waals surface area (Å²) in [7, 11) is 0. The van der Waals surface area contributed by atoms with Crippen LogP contribution in [-0.2, 0) is 14.4 Å². The van der Waals surface area contributed by atoms with E-state index < -0.39 is 33.3 Å². The van der Waals surface area contributed by atoms with E-state index in [1.807, 2.05) is 18.7 Å². The number of hydrogen-bond donors (Lipinski definition) is 2. The van der Waals surface area contributed by atoms with Gasteiger partial charge in [0.1, 0.15) is 6.04 Å². The molecule has 3 aliphatic rings. The summed E-state index contributed by atoms with van der Waals surface area (Å²) in [5.74, 6) is -2.63. The molecule has 0 aromatic carbocycles. The monoisotopic (exact) mass is 466 g/mol. The van der Waals surface area contributed by atoms with Gasteiger partial charge in [-0.1, -0.05) is 19.4 Å². The third kappa shape index (κ3) is 3.98. The second-order valence-corrected chi connectivity index (χ2v) is 11.7. The van der Waals surface area contributed by atoms with Crippen molar-refractivity contribution in [2.45, 2.75) is 87.3 Å². The van der Waals surface area contributed by atoms with Gasteiger partial charge < -0.3 is 20.0 Å². The van der Waals surface area contributed by atoms with Crippen LogP contribution in [-0.4, -0.2) is 79.1 Å². The number of aliphatic hydroxyl groups is 1. The van der Waals surface area contributed by atoms with Crippen molar-refractivity contribution >= 4 is 29.5 Å². The maximum absolute atomic E-state index is 14.1. The van der Waals surface area contributed by atoms with Crippen molar-refractivity contribution in [2.75, 3.05) is 19.7 Å². The maximum Gasteiger partial charge on any atom is 0.308 e. The second-order valence-electron chi connectivity index (χ2n) is 9.80. The Bertz CT molecular complexity index is 761. The summed E-state index contributed by atoms with van der Waals surface area (Å²) in [6.07, 6.45) is 7.00. The minimum absolute atomic E-state index is 0.0155. The molecule has 3 saturated heterocycles. The molecular formula is C24H38N2O5S. The zero-order valence-electron chi connectivity index (χ0n) is 19.6. The normalized spacial score (nSPS) is 33.9. The van der Waals surface area contributed by atoms with Gasteiger partial charge in [0, 0.05) is 30.5 Å². The molecule has 3 heterocycles. The number of aliphatic carboxylic acids is 1. The number of amides is 2. The maximum atomic E-state index is 14.1. The molecule has 2 amide bonds. The van der Waals surface area contributed by atoms with Crippen LogP contribution >= 0.6 is 11.8 Å². The number of carboxylic acids is 1. The van der Waals surface area contributed by atoms with E-state index in [4.69, 9.17) is 5.11 Å². The number of thioether (sulfide) groups is 1. The second kappa shape index (κ2) is 9.75. The van der Waals surface area contributed by atoms with Gasteiger partial charge in [-0.05, 0) is 52.4 Å². The van der Waals surface area contributed by atoms with E-state index in [0.29, 0.717) is 38.8 Å². The van der Waals surface area contributed by atoms with Crippen LogP contribution in [0.15, 0.2) is 12.7 Å². The van der Waals surface area contributed by atoms with Crippen molar-refractivity contribution < 1.29 is 24.6 Å². The number of carbonyl (C=O) groups excluding carboxylic acids is 2. The molecule has 2 bridgehead atoms. The summed E-state index contributed by atoms with van der Waals surface area (Å²) in [6.45, 7) is 10.8. The van der Waals surface area contributed by atoms with Gasteiger partial charge in [0.15, 0.2) is 0 Å². The highest BCUT2D eigenvalue weighted by atomic mass is 32.2. The number of likely N-dealkylation sites (tertiary alicyclic amines) is 1. The van der Waals surface area contributed by atoms with E-state index in [1.165, 1.54) is 0 Å². The van der Waals surface area contributed by atoms with Gasteiger partial charge in [-0.15, -0.1) is 18.3 Å². The molecule has 0 aromatic rings. The van der Waals surface area contributed by atoms with Crippen LogP contribution in [0, 0.1) is 11.8 Å². The van der Waals surface area contributed by atoms with Crippen LogP contribution in [0.5, 0.6) is 0 Å². The SMILES string of the molecule is C=CCN(C(=O)C1N(CCCCCO)C(=O)[C@@H]2[C@@H](C(=O)O)[C@@]3(C)CCC12S3)C(C)CCC. The summed E-state index contributed by atoms with van der Waals surface area (Å²) >= 11 is 1.58. The van der Waals surface area contributed by atoms with E-state index in [2.05, 4.69) is 13.5 Å². The minimum Gasteiger partial charge on any atom is -0.481 e. The van der Waals surface area contributed by atoms with Crippen LogP contribution in [0.3, 0.4) is 0 Å². The number of carbonyl (C=O) groups is 3. The third-order valence-corrected chi connectivity index (χ3v) is 9.67. The molecule has 0 saturated carbocycles. The van der Waals surface area contributed by atoms with Gasteiger partial charge in [0.05, 0.1) is 16.6 Å². The molecule has 0 aliphatic carbocycles.